The van der Waals surface area contributed by atoms with E-state index < -0.39 is 0 Å². The second-order valence-electron chi connectivity index (χ2n) is 6.32. The van der Waals surface area contributed by atoms with Crippen molar-refractivity contribution in [1.82, 2.24) is 0 Å². The normalized spacial score (nSPS) is 11.7. The zero-order chi connectivity index (χ0) is 15.4. The first-order valence-corrected chi connectivity index (χ1v) is 8.05. The number of rotatable bonds is 0. The molecule has 0 N–H and O–H groups in total. The van der Waals surface area contributed by atoms with E-state index in [1.54, 1.807) is 0 Å². The molecular weight excluding hydrogens is 276 g/mol. The standard InChI is InChI=1S/C23H16/c1-15-5-4-8-20-19(15)11-12-22-21(20)10-9-18-13-16-6-2-3-7-17(16)14-23(18)22/h2-14H,1H3. The molecular formula is C23H16. The maximum absolute atomic E-state index is 2.33. The fraction of sp³-hybridized carbons (Fsp3) is 0.0435. The maximum atomic E-state index is 2.33. The smallest absolute Gasteiger partial charge is 0.00987 e. The molecule has 0 heterocycles. The minimum atomic E-state index is 1.30. The third kappa shape index (κ3) is 1.78. The lowest BCUT2D eigenvalue weighted by Gasteiger charge is -2.10. The van der Waals surface area contributed by atoms with Gasteiger partial charge in [0.2, 0.25) is 0 Å². The number of hydrogen-bond donors (Lipinski definition) is 0. The molecule has 0 atom stereocenters. The van der Waals surface area contributed by atoms with E-state index in [0.29, 0.717) is 0 Å². The van der Waals surface area contributed by atoms with E-state index in [0.717, 1.165) is 0 Å². The summed E-state index contributed by atoms with van der Waals surface area (Å²) in [6.07, 6.45) is 0. The Morgan fingerprint density at radius 1 is 0.435 bits per heavy atom. The van der Waals surface area contributed by atoms with Crippen LogP contribution in [-0.2, 0) is 0 Å². The molecule has 0 aliphatic rings. The van der Waals surface area contributed by atoms with Crippen LogP contribution in [0.3, 0.4) is 0 Å². The van der Waals surface area contributed by atoms with Crippen LogP contribution in [0.25, 0.3) is 43.1 Å². The Labute approximate surface area is 135 Å². The Kier molecular flexibility index (Phi) is 2.51. The van der Waals surface area contributed by atoms with Crippen LogP contribution in [0.15, 0.2) is 78.9 Å². The van der Waals surface area contributed by atoms with Crippen LogP contribution in [0.1, 0.15) is 5.56 Å². The van der Waals surface area contributed by atoms with Crippen molar-refractivity contribution in [1.29, 1.82) is 0 Å². The van der Waals surface area contributed by atoms with Gasteiger partial charge in [0.15, 0.2) is 0 Å². The molecule has 0 radical (unpaired) electrons. The molecule has 0 saturated carbocycles. The first kappa shape index (κ1) is 12.7. The molecule has 108 valence electrons. The molecule has 5 rings (SSSR count). The predicted octanol–water partition coefficient (Wildman–Crippen LogP) is 6.61. The van der Waals surface area contributed by atoms with E-state index in [1.165, 1.54) is 48.7 Å². The van der Waals surface area contributed by atoms with Crippen molar-refractivity contribution in [2.24, 2.45) is 0 Å². The molecule has 5 aromatic carbocycles. The first-order valence-electron chi connectivity index (χ1n) is 8.05. The Bertz CT molecular complexity index is 1210. The van der Waals surface area contributed by atoms with E-state index in [2.05, 4.69) is 85.8 Å². The van der Waals surface area contributed by atoms with Gasteiger partial charge in [-0.2, -0.15) is 0 Å². The number of aryl methyl sites for hydroxylation is 1. The summed E-state index contributed by atoms with van der Waals surface area (Å²) in [7, 11) is 0. The SMILES string of the molecule is Cc1cccc2c1ccc1c3cc4ccccc4cc3ccc21. The summed E-state index contributed by atoms with van der Waals surface area (Å²) in [5.74, 6) is 0. The fourth-order valence-corrected chi connectivity index (χ4v) is 3.75. The molecule has 0 fully saturated rings. The van der Waals surface area contributed by atoms with Crippen molar-refractivity contribution < 1.29 is 0 Å². The largest absolute Gasteiger partial charge is 0.0616 e. The topological polar surface area (TPSA) is 0 Å². The minimum Gasteiger partial charge on any atom is -0.0616 e. The molecule has 0 amide bonds. The van der Waals surface area contributed by atoms with Crippen LogP contribution in [0.5, 0.6) is 0 Å². The van der Waals surface area contributed by atoms with Gasteiger partial charge in [0, 0.05) is 0 Å². The van der Waals surface area contributed by atoms with Crippen molar-refractivity contribution in [3.63, 3.8) is 0 Å². The molecule has 0 aromatic heterocycles. The van der Waals surface area contributed by atoms with Crippen molar-refractivity contribution in [2.75, 3.05) is 0 Å². The molecule has 0 aliphatic carbocycles. The van der Waals surface area contributed by atoms with E-state index in [9.17, 15) is 0 Å². The van der Waals surface area contributed by atoms with Gasteiger partial charge >= 0.3 is 0 Å². The van der Waals surface area contributed by atoms with E-state index in [-0.39, 0.29) is 0 Å². The van der Waals surface area contributed by atoms with Crippen molar-refractivity contribution in [3.05, 3.63) is 84.4 Å². The molecule has 0 saturated heterocycles. The lowest BCUT2D eigenvalue weighted by atomic mass is 9.94. The van der Waals surface area contributed by atoms with Gasteiger partial charge in [-0.05, 0) is 67.7 Å². The molecule has 5 aromatic rings. The zero-order valence-corrected chi connectivity index (χ0v) is 13.0. The van der Waals surface area contributed by atoms with Gasteiger partial charge in [-0.1, -0.05) is 66.7 Å². The summed E-state index contributed by atoms with van der Waals surface area (Å²) in [5, 5.41) is 10.6. The summed E-state index contributed by atoms with van der Waals surface area (Å²) in [4.78, 5) is 0. The fourth-order valence-electron chi connectivity index (χ4n) is 3.75. The maximum Gasteiger partial charge on any atom is -0.00987 e. The van der Waals surface area contributed by atoms with Gasteiger partial charge in [0.1, 0.15) is 0 Å². The summed E-state index contributed by atoms with van der Waals surface area (Å²) >= 11 is 0. The van der Waals surface area contributed by atoms with Crippen LogP contribution in [0.4, 0.5) is 0 Å². The van der Waals surface area contributed by atoms with Gasteiger partial charge in [-0.15, -0.1) is 0 Å². The second kappa shape index (κ2) is 4.57. The summed E-state index contributed by atoms with van der Waals surface area (Å²) in [6, 6.07) is 28.9. The van der Waals surface area contributed by atoms with Crippen molar-refractivity contribution in [2.45, 2.75) is 6.92 Å². The number of hydrogen-bond acceptors (Lipinski definition) is 0. The Balaban J connectivity index is 2.01. The highest BCUT2D eigenvalue weighted by atomic mass is 14.1. The van der Waals surface area contributed by atoms with Crippen LogP contribution in [-0.4, -0.2) is 0 Å². The molecule has 0 unspecified atom stereocenters. The molecule has 0 spiro atoms. The molecule has 0 nitrogen and oxygen atoms in total. The van der Waals surface area contributed by atoms with Gasteiger partial charge < -0.3 is 0 Å². The highest BCUT2D eigenvalue weighted by Gasteiger charge is 2.06. The van der Waals surface area contributed by atoms with E-state index in [4.69, 9.17) is 0 Å². The molecule has 0 bridgehead atoms. The average molecular weight is 292 g/mol. The van der Waals surface area contributed by atoms with Crippen LogP contribution < -0.4 is 0 Å². The average Bonchev–Trinajstić information content (AvgIpc) is 2.60. The van der Waals surface area contributed by atoms with Gasteiger partial charge in [-0.3, -0.25) is 0 Å². The van der Waals surface area contributed by atoms with Crippen LogP contribution in [0, 0.1) is 6.92 Å². The number of fused-ring (bicyclic) bond motifs is 6. The highest BCUT2D eigenvalue weighted by molar-refractivity contribution is 6.19. The first-order chi connectivity index (χ1) is 11.3. The number of benzene rings is 5. The zero-order valence-electron chi connectivity index (χ0n) is 13.0. The van der Waals surface area contributed by atoms with Crippen LogP contribution in [0.2, 0.25) is 0 Å². The lowest BCUT2D eigenvalue weighted by molar-refractivity contribution is 1.54. The molecule has 23 heavy (non-hydrogen) atoms. The Hall–Kier alpha value is -2.86. The van der Waals surface area contributed by atoms with Crippen molar-refractivity contribution in [3.8, 4) is 0 Å². The monoisotopic (exact) mass is 292 g/mol. The van der Waals surface area contributed by atoms with Gasteiger partial charge in [0.05, 0.1) is 0 Å². The minimum absolute atomic E-state index is 1.30. The van der Waals surface area contributed by atoms with Gasteiger partial charge in [-0.25, -0.2) is 0 Å². The summed E-state index contributed by atoms with van der Waals surface area (Å²) in [5.41, 5.74) is 1.34. The second-order valence-corrected chi connectivity index (χ2v) is 6.32. The Morgan fingerprint density at radius 2 is 1.09 bits per heavy atom. The Morgan fingerprint density at radius 3 is 1.96 bits per heavy atom. The molecule has 0 heteroatoms. The summed E-state index contributed by atoms with van der Waals surface area (Å²) < 4.78 is 0. The third-order valence-electron chi connectivity index (χ3n) is 4.96. The van der Waals surface area contributed by atoms with Crippen LogP contribution >= 0.6 is 0 Å². The third-order valence-corrected chi connectivity index (χ3v) is 4.96. The quantitative estimate of drug-likeness (QED) is 0.222. The lowest BCUT2D eigenvalue weighted by Crippen LogP contribution is -1.83. The molecule has 0 aliphatic heterocycles. The van der Waals surface area contributed by atoms with E-state index in [1.807, 2.05) is 0 Å². The van der Waals surface area contributed by atoms with Gasteiger partial charge in [0.25, 0.3) is 0 Å². The summed E-state index contributed by atoms with van der Waals surface area (Å²) in [6.45, 7) is 2.18. The predicted molar refractivity (Wildman–Crippen MR) is 101 cm³/mol. The van der Waals surface area contributed by atoms with E-state index >= 15 is 0 Å². The van der Waals surface area contributed by atoms with Crippen molar-refractivity contribution >= 4 is 43.1 Å². The highest BCUT2D eigenvalue weighted by Crippen LogP contribution is 2.34.